The SMILES string of the molecule is CCCn1nnnc1CSc1nc2ccccc2c(=O)n1Cc1ccco1. The summed E-state index contributed by atoms with van der Waals surface area (Å²) in [5.41, 5.74) is 0.585. The van der Waals surface area contributed by atoms with Gasteiger partial charge in [0.25, 0.3) is 5.56 Å². The quantitative estimate of drug-likeness (QED) is 0.358. The van der Waals surface area contributed by atoms with Gasteiger partial charge in [-0.3, -0.25) is 9.36 Å². The van der Waals surface area contributed by atoms with Crippen LogP contribution in [0.15, 0.2) is 57.0 Å². The summed E-state index contributed by atoms with van der Waals surface area (Å²) < 4.78 is 8.85. The van der Waals surface area contributed by atoms with Crippen molar-refractivity contribution in [3.05, 3.63) is 64.6 Å². The Bertz CT molecular complexity index is 1100. The maximum absolute atomic E-state index is 13.0. The van der Waals surface area contributed by atoms with Crippen molar-refractivity contribution in [2.75, 3.05) is 0 Å². The van der Waals surface area contributed by atoms with Gasteiger partial charge in [-0.05, 0) is 41.1 Å². The Morgan fingerprint density at radius 1 is 1.19 bits per heavy atom. The van der Waals surface area contributed by atoms with Gasteiger partial charge in [-0.2, -0.15) is 0 Å². The number of benzene rings is 1. The van der Waals surface area contributed by atoms with Gasteiger partial charge in [0.1, 0.15) is 5.76 Å². The Kier molecular flexibility index (Phi) is 5.01. The van der Waals surface area contributed by atoms with Crippen LogP contribution in [0.2, 0.25) is 0 Å². The molecule has 4 rings (SSSR count). The molecule has 4 aromatic rings. The van der Waals surface area contributed by atoms with Crippen LogP contribution in [-0.4, -0.2) is 29.8 Å². The zero-order valence-corrected chi connectivity index (χ0v) is 15.6. The summed E-state index contributed by atoms with van der Waals surface area (Å²) in [6.45, 7) is 3.16. The lowest BCUT2D eigenvalue weighted by Crippen LogP contribution is -2.24. The summed E-state index contributed by atoms with van der Waals surface area (Å²) in [5, 5.41) is 13.0. The van der Waals surface area contributed by atoms with Crippen molar-refractivity contribution in [2.45, 2.75) is 37.3 Å². The normalized spacial score (nSPS) is 11.3. The number of aryl methyl sites for hydroxylation is 1. The molecule has 3 heterocycles. The van der Waals surface area contributed by atoms with Gasteiger partial charge in [-0.25, -0.2) is 9.67 Å². The topological polar surface area (TPSA) is 91.6 Å². The van der Waals surface area contributed by atoms with Gasteiger partial charge in [0.05, 0.1) is 29.5 Å². The lowest BCUT2D eigenvalue weighted by atomic mass is 10.2. The molecular weight excluding hydrogens is 364 g/mol. The number of furan rings is 1. The van der Waals surface area contributed by atoms with Crippen LogP contribution in [0, 0.1) is 0 Å². The fourth-order valence-corrected chi connectivity index (χ4v) is 3.73. The minimum Gasteiger partial charge on any atom is -0.467 e. The van der Waals surface area contributed by atoms with E-state index in [9.17, 15) is 4.79 Å². The van der Waals surface area contributed by atoms with Crippen molar-refractivity contribution in [3.8, 4) is 0 Å². The fourth-order valence-electron chi connectivity index (χ4n) is 2.80. The minimum atomic E-state index is -0.0901. The molecule has 0 saturated carbocycles. The summed E-state index contributed by atoms with van der Waals surface area (Å²) in [7, 11) is 0. The van der Waals surface area contributed by atoms with E-state index in [0.29, 0.717) is 34.1 Å². The van der Waals surface area contributed by atoms with Gasteiger partial charge in [0.15, 0.2) is 11.0 Å². The molecule has 3 aromatic heterocycles. The third-order valence-electron chi connectivity index (χ3n) is 4.09. The van der Waals surface area contributed by atoms with Crippen LogP contribution in [0.1, 0.15) is 24.9 Å². The molecule has 0 aliphatic heterocycles. The Balaban J connectivity index is 1.71. The largest absolute Gasteiger partial charge is 0.467 e. The monoisotopic (exact) mass is 382 g/mol. The molecule has 8 nitrogen and oxygen atoms in total. The summed E-state index contributed by atoms with van der Waals surface area (Å²) in [6, 6.07) is 11.0. The predicted molar refractivity (Wildman–Crippen MR) is 101 cm³/mol. The van der Waals surface area contributed by atoms with Crippen LogP contribution in [-0.2, 0) is 18.8 Å². The van der Waals surface area contributed by atoms with Crippen molar-refractivity contribution < 1.29 is 4.42 Å². The molecule has 0 saturated heterocycles. The Hall–Kier alpha value is -2.94. The van der Waals surface area contributed by atoms with Crippen LogP contribution in [0.3, 0.4) is 0 Å². The maximum Gasteiger partial charge on any atom is 0.262 e. The average molecular weight is 382 g/mol. The second-order valence-corrected chi connectivity index (χ2v) is 6.93. The maximum atomic E-state index is 13.0. The number of fused-ring (bicyclic) bond motifs is 1. The van der Waals surface area contributed by atoms with Gasteiger partial charge in [0, 0.05) is 6.54 Å². The number of hydrogen-bond donors (Lipinski definition) is 0. The van der Waals surface area contributed by atoms with Gasteiger partial charge in [-0.15, -0.1) is 5.10 Å². The van der Waals surface area contributed by atoms with Gasteiger partial charge < -0.3 is 4.42 Å². The van der Waals surface area contributed by atoms with Crippen LogP contribution < -0.4 is 5.56 Å². The van der Waals surface area contributed by atoms with Gasteiger partial charge >= 0.3 is 0 Å². The Labute approximate surface area is 159 Å². The standard InChI is InChI=1S/C18H18N6O2S/c1-2-9-24-16(20-21-22-24)12-27-18-19-15-8-4-3-7-14(15)17(25)23(18)11-13-6-5-10-26-13/h3-8,10H,2,9,11-12H2,1H3. The van der Waals surface area contributed by atoms with E-state index in [0.717, 1.165) is 18.8 Å². The van der Waals surface area contributed by atoms with E-state index in [1.54, 1.807) is 27.6 Å². The summed E-state index contributed by atoms with van der Waals surface area (Å²) in [6.07, 6.45) is 2.54. The van der Waals surface area contributed by atoms with Crippen molar-refractivity contribution in [1.29, 1.82) is 0 Å². The lowest BCUT2D eigenvalue weighted by molar-refractivity contribution is 0.476. The summed E-state index contributed by atoms with van der Waals surface area (Å²) >= 11 is 1.44. The zero-order valence-electron chi connectivity index (χ0n) is 14.8. The van der Waals surface area contributed by atoms with E-state index in [1.165, 1.54) is 11.8 Å². The molecule has 0 N–H and O–H groups in total. The number of rotatable bonds is 7. The molecule has 1 aromatic carbocycles. The van der Waals surface area contributed by atoms with Gasteiger partial charge in [0.2, 0.25) is 0 Å². The molecule has 27 heavy (non-hydrogen) atoms. The first-order chi connectivity index (χ1) is 13.3. The molecule has 0 unspecified atom stereocenters. The third-order valence-corrected chi connectivity index (χ3v) is 5.06. The van der Waals surface area contributed by atoms with Crippen LogP contribution in [0.25, 0.3) is 10.9 Å². The van der Waals surface area contributed by atoms with Crippen molar-refractivity contribution in [2.24, 2.45) is 0 Å². The second kappa shape index (κ2) is 7.75. The minimum absolute atomic E-state index is 0.0901. The molecule has 0 atom stereocenters. The van der Waals surface area contributed by atoms with Crippen molar-refractivity contribution >= 4 is 22.7 Å². The first-order valence-electron chi connectivity index (χ1n) is 8.66. The molecule has 0 aliphatic rings. The first kappa shape index (κ1) is 17.5. The lowest BCUT2D eigenvalue weighted by Gasteiger charge is -2.12. The molecule has 0 fully saturated rings. The highest BCUT2D eigenvalue weighted by Crippen LogP contribution is 2.22. The first-order valence-corrected chi connectivity index (χ1v) is 9.64. The van der Waals surface area contributed by atoms with E-state index < -0.39 is 0 Å². The number of thioether (sulfide) groups is 1. The zero-order chi connectivity index (χ0) is 18.6. The molecule has 0 aliphatic carbocycles. The molecule has 0 bridgehead atoms. The van der Waals surface area contributed by atoms with E-state index in [1.807, 2.05) is 24.3 Å². The average Bonchev–Trinajstić information content (AvgIpc) is 3.35. The highest BCUT2D eigenvalue weighted by molar-refractivity contribution is 7.98. The predicted octanol–water partition coefficient (Wildman–Crippen LogP) is 2.73. The highest BCUT2D eigenvalue weighted by Gasteiger charge is 2.15. The highest BCUT2D eigenvalue weighted by atomic mass is 32.2. The van der Waals surface area contributed by atoms with E-state index in [2.05, 4.69) is 22.4 Å². The van der Waals surface area contributed by atoms with Crippen molar-refractivity contribution in [3.63, 3.8) is 0 Å². The summed E-state index contributed by atoms with van der Waals surface area (Å²) in [5.74, 6) is 1.98. The number of tetrazole rings is 1. The Morgan fingerprint density at radius 3 is 2.89 bits per heavy atom. The number of para-hydroxylation sites is 1. The van der Waals surface area contributed by atoms with E-state index in [-0.39, 0.29) is 5.56 Å². The fraction of sp³-hybridized carbons (Fsp3) is 0.278. The number of aromatic nitrogens is 6. The third kappa shape index (κ3) is 3.63. The van der Waals surface area contributed by atoms with Crippen LogP contribution in [0.4, 0.5) is 0 Å². The van der Waals surface area contributed by atoms with Crippen LogP contribution >= 0.6 is 11.8 Å². The number of nitrogens with zero attached hydrogens (tertiary/aromatic N) is 6. The molecule has 0 radical (unpaired) electrons. The molecular formula is C18H18N6O2S. The number of hydrogen-bond acceptors (Lipinski definition) is 7. The molecule has 9 heteroatoms. The Morgan fingerprint density at radius 2 is 2.07 bits per heavy atom. The molecule has 138 valence electrons. The second-order valence-electron chi connectivity index (χ2n) is 5.99. The summed E-state index contributed by atoms with van der Waals surface area (Å²) in [4.78, 5) is 17.7. The van der Waals surface area contributed by atoms with Crippen molar-refractivity contribution in [1.82, 2.24) is 29.8 Å². The van der Waals surface area contributed by atoms with Crippen LogP contribution in [0.5, 0.6) is 0 Å². The van der Waals surface area contributed by atoms with E-state index in [4.69, 9.17) is 9.40 Å². The van der Waals surface area contributed by atoms with Gasteiger partial charge in [-0.1, -0.05) is 30.8 Å². The van der Waals surface area contributed by atoms with E-state index >= 15 is 0 Å². The molecule has 0 spiro atoms. The molecule has 0 amide bonds. The smallest absolute Gasteiger partial charge is 0.262 e.